The molecule has 8 bridgehead atoms. The van der Waals surface area contributed by atoms with E-state index in [2.05, 4.69) is 80.0 Å². The second-order valence-electron chi connectivity index (χ2n) is 12.2. The van der Waals surface area contributed by atoms with Crippen molar-refractivity contribution in [3.63, 3.8) is 0 Å². The van der Waals surface area contributed by atoms with Gasteiger partial charge in [-0.2, -0.15) is 0 Å². The molecule has 6 atom stereocenters. The molecule has 5 heterocycles. The van der Waals surface area contributed by atoms with Crippen LogP contribution in [0.2, 0.25) is 0 Å². The van der Waals surface area contributed by atoms with Crippen LogP contribution in [0.15, 0.2) is 17.7 Å². The Kier molecular flexibility index (Phi) is 7.07. The summed E-state index contributed by atoms with van der Waals surface area (Å²) in [6.07, 6.45) is 11.2. The van der Waals surface area contributed by atoms with Crippen molar-refractivity contribution in [1.82, 2.24) is 20.6 Å². The van der Waals surface area contributed by atoms with E-state index < -0.39 is 0 Å². The quantitative estimate of drug-likeness (QED) is 0.335. The molecule has 3 aliphatic heterocycles. The van der Waals surface area contributed by atoms with Crippen LogP contribution in [0.3, 0.4) is 0 Å². The van der Waals surface area contributed by atoms with E-state index >= 15 is 0 Å². The summed E-state index contributed by atoms with van der Waals surface area (Å²) in [6.45, 7) is 15.0. The molecule has 0 radical (unpaired) electrons. The number of H-pyrrole nitrogens is 2. The van der Waals surface area contributed by atoms with Crippen LogP contribution >= 0.6 is 0 Å². The van der Waals surface area contributed by atoms with Gasteiger partial charge in [0.1, 0.15) is 0 Å². The van der Waals surface area contributed by atoms with Gasteiger partial charge in [0, 0.05) is 64.2 Å². The Hall–Kier alpha value is -3.42. The molecule has 216 valence electrons. The van der Waals surface area contributed by atoms with Gasteiger partial charge in [0.05, 0.1) is 12.5 Å². The summed E-state index contributed by atoms with van der Waals surface area (Å²) in [7, 11) is 1.44. The summed E-state index contributed by atoms with van der Waals surface area (Å²) < 4.78 is 4.99. The molecule has 7 heteroatoms. The van der Waals surface area contributed by atoms with Crippen LogP contribution in [0.5, 0.6) is 0 Å². The standard InChI is InChI=1S/C34H42N4O3/c1-8-20-16(3)24-13-26-18(5)22(10-11-31(40)41-7)33(37-26)23-12-30(39)32-19(6)27(38-34(23)32)15-29-21(9-2)17(4)25(36-29)14-28(20)35-24/h8,13-15,18,22,25-26,29,33,35-38H,1,9-12H2,2-7H3/b24-13-,27-15-,28-14-. The Balaban J connectivity index is 1.61. The van der Waals surface area contributed by atoms with E-state index in [0.717, 1.165) is 50.1 Å². The van der Waals surface area contributed by atoms with Crippen LogP contribution in [-0.4, -0.2) is 53.0 Å². The Morgan fingerprint density at radius 2 is 1.78 bits per heavy atom. The highest BCUT2D eigenvalue weighted by atomic mass is 16.5. The lowest BCUT2D eigenvalue weighted by atomic mass is 9.82. The molecule has 2 aromatic heterocycles. The summed E-state index contributed by atoms with van der Waals surface area (Å²) in [5.74, 6) is 0.389. The third-order valence-electron chi connectivity index (χ3n) is 10.2. The number of fused-ring (bicyclic) bond motifs is 8. The van der Waals surface area contributed by atoms with Gasteiger partial charge in [0.15, 0.2) is 5.78 Å². The van der Waals surface area contributed by atoms with Crippen LogP contribution < -0.4 is 32.0 Å². The fourth-order valence-corrected chi connectivity index (χ4v) is 7.82. The molecule has 1 fully saturated rings. The molecule has 7 nitrogen and oxygen atoms in total. The second kappa shape index (κ2) is 10.4. The molecule has 4 aliphatic rings. The zero-order valence-corrected chi connectivity index (χ0v) is 25.0. The molecule has 1 aliphatic carbocycles. The first-order valence-electron chi connectivity index (χ1n) is 15.0. The van der Waals surface area contributed by atoms with E-state index in [1.165, 1.54) is 23.8 Å². The van der Waals surface area contributed by atoms with Gasteiger partial charge in [-0.15, -0.1) is 0 Å². The average Bonchev–Trinajstić information content (AvgIpc) is 3.70. The first-order chi connectivity index (χ1) is 19.7. The number of rotatable bonds is 5. The Morgan fingerprint density at radius 1 is 1.05 bits per heavy atom. The number of carbonyl (C=O) groups excluding carboxylic acids is 2. The maximum atomic E-state index is 13.5. The van der Waals surface area contributed by atoms with Gasteiger partial charge in [-0.1, -0.05) is 32.1 Å². The number of hydrogen-bond donors (Lipinski definition) is 4. The minimum absolute atomic E-state index is 0.0255. The number of hydrogen-bond acceptors (Lipinski definition) is 5. The molecule has 6 rings (SSSR count). The number of ketones is 1. The lowest BCUT2D eigenvalue weighted by Crippen LogP contribution is -2.36. The van der Waals surface area contributed by atoms with Crippen LogP contribution in [-0.2, 0) is 9.53 Å². The van der Waals surface area contributed by atoms with Crippen molar-refractivity contribution in [1.29, 1.82) is 0 Å². The third kappa shape index (κ3) is 4.41. The summed E-state index contributed by atoms with van der Waals surface area (Å²) in [5.41, 5.74) is 7.97. The van der Waals surface area contributed by atoms with Crippen molar-refractivity contribution >= 4 is 41.6 Å². The van der Waals surface area contributed by atoms with E-state index in [1.807, 2.05) is 6.08 Å². The van der Waals surface area contributed by atoms with Crippen LogP contribution in [0.1, 0.15) is 73.5 Å². The number of carbonyl (C=O) groups is 2. The van der Waals surface area contributed by atoms with Gasteiger partial charge in [0.2, 0.25) is 0 Å². The molecule has 0 spiro atoms. The molecule has 4 N–H and O–H groups in total. The highest BCUT2D eigenvalue weighted by Crippen LogP contribution is 2.38. The summed E-state index contributed by atoms with van der Waals surface area (Å²) in [4.78, 5) is 33.1. The summed E-state index contributed by atoms with van der Waals surface area (Å²) >= 11 is 0. The van der Waals surface area contributed by atoms with Crippen LogP contribution in [0.4, 0.5) is 0 Å². The molecule has 0 saturated carbocycles. The largest absolute Gasteiger partial charge is 0.469 e. The van der Waals surface area contributed by atoms with Gasteiger partial charge in [-0.3, -0.25) is 14.9 Å². The predicted molar refractivity (Wildman–Crippen MR) is 164 cm³/mol. The molecule has 0 amide bonds. The molecule has 0 aromatic carbocycles. The van der Waals surface area contributed by atoms with Gasteiger partial charge in [0.25, 0.3) is 0 Å². The smallest absolute Gasteiger partial charge is 0.305 e. The topological polar surface area (TPSA) is 99.0 Å². The van der Waals surface area contributed by atoms with Gasteiger partial charge >= 0.3 is 5.97 Å². The highest BCUT2D eigenvalue weighted by molar-refractivity contribution is 6.06. The molecule has 1 saturated heterocycles. The molecule has 41 heavy (non-hydrogen) atoms. The van der Waals surface area contributed by atoms with Crippen molar-refractivity contribution < 1.29 is 14.3 Å². The number of ether oxygens (including phenoxy) is 1. The third-order valence-corrected chi connectivity index (χ3v) is 10.2. The molecule has 6 unspecified atom stereocenters. The normalized spacial score (nSPS) is 30.9. The first kappa shape index (κ1) is 27.7. The Morgan fingerprint density at radius 3 is 2.49 bits per heavy atom. The van der Waals surface area contributed by atoms with Crippen LogP contribution in [0.25, 0.3) is 29.9 Å². The lowest BCUT2D eigenvalue weighted by molar-refractivity contribution is -0.141. The number of nitrogens with one attached hydrogen (secondary N) is 4. The molecular weight excluding hydrogens is 512 g/mol. The predicted octanol–water partition coefficient (Wildman–Crippen LogP) is 2.01. The van der Waals surface area contributed by atoms with Gasteiger partial charge in [-0.05, 0) is 85.9 Å². The SMILES string of the molecule is C=Cc1c(C)/c2[nH]/c1=C\C1NC(/C=c3\[nH]c4c(c3C)C(=O)CC=4C3NC(\C=2)C(C)C3CCC(=O)OC)C(CC)=C1C. The zero-order valence-electron chi connectivity index (χ0n) is 25.0. The maximum absolute atomic E-state index is 13.5. The summed E-state index contributed by atoms with van der Waals surface area (Å²) in [5, 5.41) is 11.9. The van der Waals surface area contributed by atoms with Crippen molar-refractivity contribution in [3.8, 4) is 0 Å². The average molecular weight is 555 g/mol. The van der Waals surface area contributed by atoms with E-state index in [-0.39, 0.29) is 47.8 Å². The maximum Gasteiger partial charge on any atom is 0.305 e. The van der Waals surface area contributed by atoms with Crippen LogP contribution in [0, 0.1) is 25.7 Å². The van der Waals surface area contributed by atoms with Crippen molar-refractivity contribution in [2.75, 3.05) is 7.11 Å². The Labute approximate surface area is 241 Å². The second-order valence-corrected chi connectivity index (χ2v) is 12.2. The number of methoxy groups -OCH3 is 1. The van der Waals surface area contributed by atoms with E-state index in [9.17, 15) is 9.59 Å². The Bertz CT molecular complexity index is 1740. The van der Waals surface area contributed by atoms with Crippen molar-refractivity contribution in [2.45, 2.75) is 84.5 Å². The van der Waals surface area contributed by atoms with Crippen molar-refractivity contribution in [2.24, 2.45) is 11.8 Å². The zero-order chi connectivity index (χ0) is 29.2. The number of aromatic nitrogens is 2. The molecular formula is C34H42N4O3. The monoisotopic (exact) mass is 554 g/mol. The molecule has 2 aromatic rings. The summed E-state index contributed by atoms with van der Waals surface area (Å²) in [6, 6.07) is 0.198. The number of aromatic amines is 2. The van der Waals surface area contributed by atoms with Crippen molar-refractivity contribution in [3.05, 3.63) is 61.4 Å². The fourth-order valence-electron chi connectivity index (χ4n) is 7.82. The lowest BCUT2D eigenvalue weighted by Gasteiger charge is -2.23. The van der Waals surface area contributed by atoms with E-state index in [4.69, 9.17) is 4.74 Å². The van der Waals surface area contributed by atoms with E-state index in [0.29, 0.717) is 19.3 Å². The number of esters is 1. The van der Waals surface area contributed by atoms with Gasteiger partial charge in [-0.25, -0.2) is 0 Å². The van der Waals surface area contributed by atoms with E-state index in [1.54, 1.807) is 0 Å². The fraction of sp³-hybridized carbons (Fsp3) is 0.471. The van der Waals surface area contributed by atoms with Gasteiger partial charge < -0.3 is 20.0 Å². The minimum atomic E-state index is -0.198. The highest BCUT2D eigenvalue weighted by Gasteiger charge is 2.43. The first-order valence-corrected chi connectivity index (χ1v) is 15.0. The minimum Gasteiger partial charge on any atom is -0.469 e. The number of Topliss-reactive ketones (excluding diaryl/α,β-unsaturated/α-hetero) is 1.